The van der Waals surface area contributed by atoms with Crippen molar-refractivity contribution in [3.8, 4) is 5.75 Å². The molecule has 0 aromatic heterocycles. The van der Waals surface area contributed by atoms with Crippen LogP contribution in [0.5, 0.6) is 5.75 Å². The van der Waals surface area contributed by atoms with E-state index in [0.29, 0.717) is 26.1 Å². The van der Waals surface area contributed by atoms with Crippen molar-refractivity contribution >= 4 is 58.3 Å². The first-order chi connectivity index (χ1) is 24.5. The van der Waals surface area contributed by atoms with Crippen molar-refractivity contribution in [3.63, 3.8) is 0 Å². The summed E-state index contributed by atoms with van der Waals surface area (Å²) < 4.78 is 13.5. The highest BCUT2D eigenvalue weighted by molar-refractivity contribution is 9.10. The molecule has 1 spiro atoms. The van der Waals surface area contributed by atoms with E-state index in [2.05, 4.69) is 48.1 Å². The second kappa shape index (κ2) is 14.1. The molecule has 0 unspecified atom stereocenters. The average Bonchev–Trinajstić information content (AvgIpc) is 3.79. The molecule has 5 atom stereocenters. The van der Waals surface area contributed by atoms with E-state index in [1.165, 1.54) is 5.19 Å². The Kier molecular flexibility index (Phi) is 9.94. The van der Waals surface area contributed by atoms with E-state index in [9.17, 15) is 14.7 Å². The number of carbonyl (C=O) groups is 3. The standard InChI is InChI=1S/C40H48BrN3O6Si/c1-26-38(51(3,4)32-16-14-31(49-2)15-17-32)35(23-37(47)43-20-8-11-30(43)25-45)50-40(26)33-22-28(41)13-18-34(33)44(39(40)48)24-27-9-7-10-29(21-27)42-19-6-5-12-36(42)46/h7,9-10,13-18,21-22,26,30,35,38,45H,5-6,8,11-12,19-20,23-25H2,1-4H3/t26-,30+,35+,38-,40+/m1/s1. The second-order valence-corrected chi connectivity index (χ2v) is 20.8. The van der Waals surface area contributed by atoms with Gasteiger partial charge in [0.15, 0.2) is 5.60 Å². The molecule has 0 aliphatic carbocycles. The number of rotatable bonds is 9. The van der Waals surface area contributed by atoms with Gasteiger partial charge in [-0.15, -0.1) is 0 Å². The third-order valence-corrected chi connectivity index (χ3v) is 16.8. The molecule has 270 valence electrons. The zero-order valence-electron chi connectivity index (χ0n) is 29.9. The number of piperidine rings is 1. The number of halogens is 1. The lowest BCUT2D eigenvalue weighted by molar-refractivity contribution is -0.150. The van der Waals surface area contributed by atoms with Crippen LogP contribution in [0.15, 0.2) is 71.2 Å². The molecule has 11 heteroatoms. The highest BCUT2D eigenvalue weighted by Crippen LogP contribution is 2.60. The van der Waals surface area contributed by atoms with Gasteiger partial charge in [0.2, 0.25) is 11.8 Å². The van der Waals surface area contributed by atoms with Gasteiger partial charge in [0.1, 0.15) is 5.75 Å². The largest absolute Gasteiger partial charge is 0.497 e. The monoisotopic (exact) mass is 773 g/mol. The van der Waals surface area contributed by atoms with Gasteiger partial charge in [0.05, 0.1) is 52.6 Å². The number of anilines is 2. The molecule has 4 heterocycles. The van der Waals surface area contributed by atoms with Gasteiger partial charge in [0, 0.05) is 41.2 Å². The van der Waals surface area contributed by atoms with Crippen molar-refractivity contribution < 1.29 is 29.0 Å². The molecule has 1 N–H and O–H groups in total. The number of carbonyl (C=O) groups excluding carboxylic acids is 3. The molecule has 3 amide bonds. The van der Waals surface area contributed by atoms with Gasteiger partial charge in [0.25, 0.3) is 5.91 Å². The van der Waals surface area contributed by atoms with Crippen LogP contribution in [0.25, 0.3) is 0 Å². The van der Waals surface area contributed by atoms with Gasteiger partial charge in [-0.3, -0.25) is 14.4 Å². The summed E-state index contributed by atoms with van der Waals surface area (Å²) in [4.78, 5) is 47.5. The zero-order valence-corrected chi connectivity index (χ0v) is 32.5. The number of nitrogens with zero attached hydrogens (tertiary/aromatic N) is 3. The molecule has 3 fully saturated rings. The summed E-state index contributed by atoms with van der Waals surface area (Å²) in [7, 11) is -0.791. The first kappa shape index (κ1) is 35.9. The van der Waals surface area contributed by atoms with E-state index in [-0.39, 0.29) is 48.3 Å². The minimum atomic E-state index is -2.45. The van der Waals surface area contributed by atoms with Crippen molar-refractivity contribution in [3.05, 3.63) is 82.3 Å². The molecule has 0 bridgehead atoms. The maximum atomic E-state index is 15.2. The number of aliphatic hydroxyl groups is 1. The highest BCUT2D eigenvalue weighted by atomic mass is 79.9. The summed E-state index contributed by atoms with van der Waals surface area (Å²) >= 11 is 3.69. The maximum Gasteiger partial charge on any atom is 0.264 e. The van der Waals surface area contributed by atoms with Gasteiger partial charge in [-0.1, -0.05) is 65.4 Å². The lowest BCUT2D eigenvalue weighted by atomic mass is 9.82. The van der Waals surface area contributed by atoms with Crippen LogP contribution in [0, 0.1) is 5.92 Å². The molecule has 3 aromatic carbocycles. The van der Waals surface area contributed by atoms with Crippen molar-refractivity contribution in [1.82, 2.24) is 4.90 Å². The van der Waals surface area contributed by atoms with Crippen LogP contribution in [0.4, 0.5) is 11.4 Å². The van der Waals surface area contributed by atoms with Gasteiger partial charge < -0.3 is 29.3 Å². The van der Waals surface area contributed by atoms with Crippen LogP contribution in [-0.2, 0) is 31.3 Å². The summed E-state index contributed by atoms with van der Waals surface area (Å²) in [5.74, 6) is 0.491. The third kappa shape index (κ3) is 6.23. The van der Waals surface area contributed by atoms with Crippen LogP contribution in [0.1, 0.15) is 56.6 Å². The Labute approximate surface area is 310 Å². The number of methoxy groups -OCH3 is 1. The lowest BCUT2D eigenvalue weighted by Gasteiger charge is -2.37. The van der Waals surface area contributed by atoms with E-state index in [4.69, 9.17) is 9.47 Å². The van der Waals surface area contributed by atoms with Crippen LogP contribution < -0.4 is 19.7 Å². The second-order valence-electron chi connectivity index (χ2n) is 15.2. The van der Waals surface area contributed by atoms with E-state index in [1.807, 2.05) is 69.3 Å². The highest BCUT2D eigenvalue weighted by Gasteiger charge is 2.66. The topological polar surface area (TPSA) is 99.6 Å². The van der Waals surface area contributed by atoms with E-state index < -0.39 is 19.8 Å². The maximum absolute atomic E-state index is 15.2. The molecular weight excluding hydrogens is 726 g/mol. The number of benzene rings is 3. The predicted octanol–water partition coefficient (Wildman–Crippen LogP) is 6.11. The molecule has 51 heavy (non-hydrogen) atoms. The molecular formula is C40H48BrN3O6Si. The van der Waals surface area contributed by atoms with Crippen molar-refractivity contribution in [2.45, 2.75) is 88.4 Å². The molecule has 4 aliphatic heterocycles. The Bertz CT molecular complexity index is 1820. The van der Waals surface area contributed by atoms with E-state index >= 15 is 4.79 Å². The summed E-state index contributed by atoms with van der Waals surface area (Å²) in [5, 5.41) is 11.3. The first-order valence-corrected chi connectivity index (χ1v) is 22.1. The number of hydrogen-bond donors (Lipinski definition) is 1. The van der Waals surface area contributed by atoms with Gasteiger partial charge in [-0.2, -0.15) is 0 Å². The Morgan fingerprint density at radius 1 is 1.04 bits per heavy atom. The fourth-order valence-electron chi connectivity index (χ4n) is 9.37. The molecule has 9 nitrogen and oxygen atoms in total. The Balaban J connectivity index is 1.28. The number of fused-ring (bicyclic) bond motifs is 2. The Morgan fingerprint density at radius 3 is 2.55 bits per heavy atom. The SMILES string of the molecule is COc1ccc([Si](C)(C)[C@H]2[C@H](CC(=O)N3CCC[C@H]3CO)O[C@@]3(C(=O)N(Cc4cccc(N5CCCCC5=O)c4)c4ccc(Br)cc43)[C@@H]2C)cc1. The fourth-order valence-corrected chi connectivity index (χ4v) is 13.7. The lowest BCUT2D eigenvalue weighted by Crippen LogP contribution is -2.52. The van der Waals surface area contributed by atoms with Crippen LogP contribution >= 0.6 is 15.9 Å². The summed E-state index contributed by atoms with van der Waals surface area (Å²) in [6.45, 7) is 8.33. The normalized spacial score (nSPS) is 26.4. The minimum Gasteiger partial charge on any atom is -0.497 e. The quantitative estimate of drug-likeness (QED) is 0.264. The number of aliphatic hydroxyl groups excluding tert-OH is 1. The van der Waals surface area contributed by atoms with Crippen LogP contribution in [0.3, 0.4) is 0 Å². The summed E-state index contributed by atoms with van der Waals surface area (Å²) in [6, 6.07) is 21.9. The third-order valence-electron chi connectivity index (χ3n) is 12.0. The molecule has 3 aromatic rings. The van der Waals surface area contributed by atoms with E-state index in [1.54, 1.807) is 7.11 Å². The molecule has 0 saturated carbocycles. The number of ether oxygens (including phenoxy) is 2. The molecule has 4 aliphatic rings. The van der Waals surface area contributed by atoms with Gasteiger partial charge >= 0.3 is 0 Å². The number of hydrogen-bond acceptors (Lipinski definition) is 6. The molecule has 0 radical (unpaired) electrons. The van der Waals surface area contributed by atoms with Crippen molar-refractivity contribution in [2.24, 2.45) is 5.92 Å². The fraction of sp³-hybridized carbons (Fsp3) is 0.475. The first-order valence-electron chi connectivity index (χ1n) is 18.2. The molecule has 3 saturated heterocycles. The number of likely N-dealkylation sites (tertiary alicyclic amines) is 1. The van der Waals surface area contributed by atoms with E-state index in [0.717, 1.165) is 58.4 Å². The van der Waals surface area contributed by atoms with Crippen LogP contribution in [-0.4, -0.2) is 74.8 Å². The minimum absolute atomic E-state index is 0.0360. The Hall–Kier alpha value is -3.51. The smallest absolute Gasteiger partial charge is 0.264 e. The number of amides is 3. The van der Waals surface area contributed by atoms with Crippen molar-refractivity contribution in [1.29, 1.82) is 0 Å². The summed E-state index contributed by atoms with van der Waals surface area (Å²) in [6.07, 6.45) is 3.71. The predicted molar refractivity (Wildman–Crippen MR) is 204 cm³/mol. The van der Waals surface area contributed by atoms with Crippen LogP contribution in [0.2, 0.25) is 18.6 Å². The van der Waals surface area contributed by atoms with Crippen molar-refractivity contribution in [2.75, 3.05) is 36.6 Å². The van der Waals surface area contributed by atoms with Gasteiger partial charge in [-0.25, -0.2) is 0 Å². The zero-order chi connectivity index (χ0) is 36.1. The van der Waals surface area contributed by atoms with Gasteiger partial charge in [-0.05, 0) is 79.3 Å². The molecule has 7 rings (SSSR count). The average molecular weight is 775 g/mol. The summed E-state index contributed by atoms with van der Waals surface area (Å²) in [5.41, 5.74) is 2.00. The Morgan fingerprint density at radius 2 is 1.82 bits per heavy atom.